The van der Waals surface area contributed by atoms with Crippen molar-refractivity contribution < 1.29 is 5.11 Å². The highest BCUT2D eigenvalue weighted by Crippen LogP contribution is 2.49. The molecule has 15 heavy (non-hydrogen) atoms. The summed E-state index contributed by atoms with van der Waals surface area (Å²) in [5.74, 6) is 0.499. The SMILES string of the molecule is CC(O)C1CCN(CC2(CCN)CC2)C1. The highest BCUT2D eigenvalue weighted by atomic mass is 16.3. The molecule has 0 aromatic carbocycles. The van der Waals surface area contributed by atoms with Crippen molar-refractivity contribution in [1.29, 1.82) is 0 Å². The molecular formula is C12H24N2O. The molecule has 1 aliphatic carbocycles. The van der Waals surface area contributed by atoms with Crippen LogP contribution in [0.3, 0.4) is 0 Å². The second-order valence-electron chi connectivity index (χ2n) is 5.56. The smallest absolute Gasteiger partial charge is 0.0552 e. The van der Waals surface area contributed by atoms with E-state index in [2.05, 4.69) is 4.90 Å². The number of likely N-dealkylation sites (tertiary alicyclic amines) is 1. The normalized spacial score (nSPS) is 31.8. The van der Waals surface area contributed by atoms with Crippen molar-refractivity contribution in [3.8, 4) is 0 Å². The summed E-state index contributed by atoms with van der Waals surface area (Å²) in [6.07, 6.45) is 4.93. The zero-order chi connectivity index (χ0) is 10.9. The Hall–Kier alpha value is -0.120. The van der Waals surface area contributed by atoms with E-state index in [0.29, 0.717) is 11.3 Å². The predicted octanol–water partition coefficient (Wildman–Crippen LogP) is 0.818. The van der Waals surface area contributed by atoms with Gasteiger partial charge in [0, 0.05) is 13.1 Å². The van der Waals surface area contributed by atoms with Gasteiger partial charge < -0.3 is 15.7 Å². The van der Waals surface area contributed by atoms with E-state index in [0.717, 1.165) is 19.5 Å². The molecule has 0 amide bonds. The minimum Gasteiger partial charge on any atom is -0.393 e. The first-order valence-electron chi connectivity index (χ1n) is 6.26. The Morgan fingerprint density at radius 3 is 2.73 bits per heavy atom. The molecule has 2 rings (SSSR count). The van der Waals surface area contributed by atoms with Crippen LogP contribution >= 0.6 is 0 Å². The average molecular weight is 212 g/mol. The molecule has 1 aliphatic heterocycles. The predicted molar refractivity (Wildman–Crippen MR) is 61.6 cm³/mol. The molecule has 2 aliphatic rings. The number of hydrogen-bond acceptors (Lipinski definition) is 3. The van der Waals surface area contributed by atoms with Crippen LogP contribution in [0.15, 0.2) is 0 Å². The van der Waals surface area contributed by atoms with Crippen LogP contribution < -0.4 is 5.73 Å². The Kier molecular flexibility index (Phi) is 3.33. The highest BCUT2D eigenvalue weighted by Gasteiger charge is 2.44. The molecule has 3 nitrogen and oxygen atoms in total. The topological polar surface area (TPSA) is 49.5 Å². The minimum absolute atomic E-state index is 0.139. The van der Waals surface area contributed by atoms with Crippen molar-refractivity contribution >= 4 is 0 Å². The van der Waals surface area contributed by atoms with Crippen LogP contribution in [0, 0.1) is 11.3 Å². The monoisotopic (exact) mass is 212 g/mol. The van der Waals surface area contributed by atoms with E-state index in [-0.39, 0.29) is 6.10 Å². The van der Waals surface area contributed by atoms with Gasteiger partial charge in [-0.3, -0.25) is 0 Å². The Morgan fingerprint density at radius 2 is 2.27 bits per heavy atom. The quantitative estimate of drug-likeness (QED) is 0.709. The van der Waals surface area contributed by atoms with Crippen LogP contribution in [-0.4, -0.2) is 42.3 Å². The Morgan fingerprint density at radius 1 is 1.53 bits per heavy atom. The van der Waals surface area contributed by atoms with E-state index in [1.54, 1.807) is 0 Å². The van der Waals surface area contributed by atoms with Crippen molar-refractivity contribution in [1.82, 2.24) is 4.90 Å². The van der Waals surface area contributed by atoms with Crippen LogP contribution in [0.5, 0.6) is 0 Å². The number of rotatable bonds is 5. The minimum atomic E-state index is -0.139. The van der Waals surface area contributed by atoms with Gasteiger partial charge in [0.25, 0.3) is 0 Å². The molecule has 2 fully saturated rings. The van der Waals surface area contributed by atoms with E-state index in [4.69, 9.17) is 5.73 Å². The van der Waals surface area contributed by atoms with Crippen molar-refractivity contribution in [2.24, 2.45) is 17.1 Å². The number of hydrogen-bond donors (Lipinski definition) is 2. The van der Waals surface area contributed by atoms with Gasteiger partial charge in [0.15, 0.2) is 0 Å². The Balaban J connectivity index is 1.77. The van der Waals surface area contributed by atoms with E-state index >= 15 is 0 Å². The van der Waals surface area contributed by atoms with Gasteiger partial charge in [-0.05, 0) is 57.0 Å². The summed E-state index contributed by atoms with van der Waals surface area (Å²) in [6, 6.07) is 0. The van der Waals surface area contributed by atoms with Gasteiger partial charge in [0.05, 0.1) is 6.10 Å². The summed E-state index contributed by atoms with van der Waals surface area (Å²) >= 11 is 0. The van der Waals surface area contributed by atoms with Gasteiger partial charge in [-0.1, -0.05) is 0 Å². The van der Waals surface area contributed by atoms with Gasteiger partial charge in [0.2, 0.25) is 0 Å². The number of nitrogens with zero attached hydrogens (tertiary/aromatic N) is 1. The third kappa shape index (κ3) is 2.71. The summed E-state index contributed by atoms with van der Waals surface area (Å²) in [7, 11) is 0. The molecule has 0 aromatic heterocycles. The largest absolute Gasteiger partial charge is 0.393 e. The van der Waals surface area contributed by atoms with Gasteiger partial charge in [-0.15, -0.1) is 0 Å². The Bertz CT molecular complexity index is 214. The fourth-order valence-electron chi connectivity index (χ4n) is 2.84. The Labute approximate surface area is 92.6 Å². The summed E-state index contributed by atoms with van der Waals surface area (Å²) in [6.45, 7) is 6.22. The lowest BCUT2D eigenvalue weighted by molar-refractivity contribution is 0.124. The third-order valence-electron chi connectivity index (χ3n) is 4.18. The van der Waals surface area contributed by atoms with Crippen LogP contribution in [0.25, 0.3) is 0 Å². The lowest BCUT2D eigenvalue weighted by Crippen LogP contribution is -2.31. The molecule has 3 N–H and O–H groups in total. The third-order valence-corrected chi connectivity index (χ3v) is 4.18. The first-order valence-corrected chi connectivity index (χ1v) is 6.26. The average Bonchev–Trinajstić information content (AvgIpc) is 2.77. The van der Waals surface area contributed by atoms with Crippen molar-refractivity contribution in [3.63, 3.8) is 0 Å². The fraction of sp³-hybridized carbons (Fsp3) is 1.00. The molecule has 0 bridgehead atoms. The molecule has 0 spiro atoms. The number of aliphatic hydroxyl groups excluding tert-OH is 1. The van der Waals surface area contributed by atoms with Gasteiger partial charge in [-0.25, -0.2) is 0 Å². The molecular weight excluding hydrogens is 188 g/mol. The number of nitrogens with two attached hydrogens (primary N) is 1. The van der Waals surface area contributed by atoms with Crippen LogP contribution in [0.2, 0.25) is 0 Å². The summed E-state index contributed by atoms with van der Waals surface area (Å²) in [5.41, 5.74) is 6.20. The number of aliphatic hydroxyl groups is 1. The first kappa shape index (κ1) is 11.4. The lowest BCUT2D eigenvalue weighted by Gasteiger charge is -2.23. The maximum atomic E-state index is 9.54. The van der Waals surface area contributed by atoms with Crippen molar-refractivity contribution in [2.75, 3.05) is 26.2 Å². The van der Waals surface area contributed by atoms with Crippen LogP contribution in [0.4, 0.5) is 0 Å². The zero-order valence-electron chi connectivity index (χ0n) is 9.78. The van der Waals surface area contributed by atoms with Crippen molar-refractivity contribution in [2.45, 2.75) is 38.7 Å². The zero-order valence-corrected chi connectivity index (χ0v) is 9.78. The van der Waals surface area contributed by atoms with Crippen molar-refractivity contribution in [3.05, 3.63) is 0 Å². The lowest BCUT2D eigenvalue weighted by atomic mass is 10.0. The van der Waals surface area contributed by atoms with E-state index in [1.807, 2.05) is 6.92 Å². The second kappa shape index (κ2) is 4.40. The molecule has 1 saturated carbocycles. The maximum Gasteiger partial charge on any atom is 0.0552 e. The van der Waals surface area contributed by atoms with E-state index < -0.39 is 0 Å². The standard InChI is InChI=1S/C12H24N2O/c1-10(15)11-2-7-14(8-11)9-12(3-4-12)5-6-13/h10-11,15H,2-9,13H2,1H3. The molecule has 3 heteroatoms. The van der Waals surface area contributed by atoms with E-state index in [9.17, 15) is 5.11 Å². The molecule has 1 heterocycles. The highest BCUT2D eigenvalue weighted by molar-refractivity contribution is 4.97. The first-order chi connectivity index (χ1) is 7.15. The van der Waals surface area contributed by atoms with Gasteiger partial charge >= 0.3 is 0 Å². The molecule has 1 saturated heterocycles. The van der Waals surface area contributed by atoms with Gasteiger partial charge in [-0.2, -0.15) is 0 Å². The van der Waals surface area contributed by atoms with Gasteiger partial charge in [0.1, 0.15) is 0 Å². The molecule has 2 unspecified atom stereocenters. The second-order valence-corrected chi connectivity index (χ2v) is 5.56. The fourth-order valence-corrected chi connectivity index (χ4v) is 2.84. The maximum absolute atomic E-state index is 9.54. The molecule has 88 valence electrons. The summed E-state index contributed by atoms with van der Waals surface area (Å²) < 4.78 is 0. The van der Waals surface area contributed by atoms with Crippen LogP contribution in [0.1, 0.15) is 32.6 Å². The molecule has 2 atom stereocenters. The molecule has 0 radical (unpaired) electrons. The van der Waals surface area contributed by atoms with E-state index in [1.165, 1.54) is 32.4 Å². The summed E-state index contributed by atoms with van der Waals surface area (Å²) in [5, 5.41) is 9.54. The van der Waals surface area contributed by atoms with Crippen LogP contribution in [-0.2, 0) is 0 Å². The summed E-state index contributed by atoms with van der Waals surface area (Å²) in [4.78, 5) is 2.53. The molecule has 0 aromatic rings.